The van der Waals surface area contributed by atoms with Gasteiger partial charge in [0, 0.05) is 28.3 Å². The molecule has 2 aromatic heterocycles. The lowest BCUT2D eigenvalue weighted by Crippen LogP contribution is -2.04. The maximum absolute atomic E-state index is 11.6. The van der Waals surface area contributed by atoms with Crippen LogP contribution in [0.15, 0.2) is 46.9 Å². The van der Waals surface area contributed by atoms with E-state index < -0.39 is 0 Å². The summed E-state index contributed by atoms with van der Waals surface area (Å²) in [7, 11) is 1.67. The van der Waals surface area contributed by atoms with Crippen LogP contribution < -0.4 is 4.74 Å². The largest absolute Gasteiger partial charge is 0.497 e. The van der Waals surface area contributed by atoms with E-state index >= 15 is 0 Å². The maximum Gasteiger partial charge on any atom is 0.305 e. The second-order valence-electron chi connectivity index (χ2n) is 7.30. The molecule has 0 aliphatic carbocycles. The van der Waals surface area contributed by atoms with Gasteiger partial charge in [0.25, 0.3) is 0 Å². The summed E-state index contributed by atoms with van der Waals surface area (Å²) in [4.78, 5) is 16.5. The number of hydrogen-bond acceptors (Lipinski definition) is 6. The molecule has 4 rings (SSSR count). The number of carbonyl (C=O) groups is 1. The summed E-state index contributed by atoms with van der Waals surface area (Å²) in [6.45, 7) is 5.19. The molecule has 0 spiro atoms. The number of ether oxygens (including phenoxy) is 2. The second kappa shape index (κ2) is 9.75. The van der Waals surface area contributed by atoms with E-state index in [1.54, 1.807) is 30.2 Å². The minimum Gasteiger partial charge on any atom is -0.497 e. The van der Waals surface area contributed by atoms with Crippen molar-refractivity contribution in [2.45, 2.75) is 38.4 Å². The molecule has 0 aliphatic heterocycles. The van der Waals surface area contributed by atoms with Gasteiger partial charge in [0.1, 0.15) is 5.75 Å². The fourth-order valence-corrected chi connectivity index (χ4v) is 5.70. The van der Waals surface area contributed by atoms with Crippen LogP contribution in [0.2, 0.25) is 0 Å². The zero-order chi connectivity index (χ0) is 21.8. The Bertz CT molecular complexity index is 1210. The van der Waals surface area contributed by atoms with Crippen molar-refractivity contribution in [3.63, 3.8) is 0 Å². The van der Waals surface area contributed by atoms with Crippen molar-refractivity contribution in [2.24, 2.45) is 0 Å². The Hall–Kier alpha value is -2.51. The third-order valence-corrected chi connectivity index (χ3v) is 7.25. The monoisotopic (exact) mass is 454 g/mol. The van der Waals surface area contributed by atoms with Gasteiger partial charge in [-0.1, -0.05) is 23.9 Å². The lowest BCUT2D eigenvalue weighted by Gasteiger charge is -2.10. The third kappa shape index (κ3) is 4.72. The Morgan fingerprint density at radius 1 is 1.26 bits per heavy atom. The molecule has 2 heterocycles. The molecule has 0 radical (unpaired) electrons. The molecule has 0 saturated carbocycles. The van der Waals surface area contributed by atoms with E-state index in [9.17, 15) is 4.79 Å². The molecular weight excluding hydrogens is 428 g/mol. The zero-order valence-corrected chi connectivity index (χ0v) is 19.6. The number of rotatable bonds is 9. The van der Waals surface area contributed by atoms with E-state index in [4.69, 9.17) is 14.5 Å². The van der Waals surface area contributed by atoms with E-state index in [0.717, 1.165) is 40.7 Å². The predicted octanol–water partition coefficient (Wildman–Crippen LogP) is 6.05. The van der Waals surface area contributed by atoms with Gasteiger partial charge < -0.3 is 14.0 Å². The first kappa shape index (κ1) is 21.7. The summed E-state index contributed by atoms with van der Waals surface area (Å²) in [5.74, 6) is 1.47. The van der Waals surface area contributed by atoms with Gasteiger partial charge in [-0.3, -0.25) is 4.79 Å². The smallest absolute Gasteiger partial charge is 0.305 e. The molecule has 0 N–H and O–H groups in total. The van der Waals surface area contributed by atoms with E-state index in [1.807, 2.05) is 19.1 Å². The van der Waals surface area contributed by atoms with Crippen LogP contribution in [0.3, 0.4) is 0 Å². The first-order chi connectivity index (χ1) is 15.1. The number of fused-ring (bicyclic) bond motifs is 2. The van der Waals surface area contributed by atoms with Crippen molar-refractivity contribution in [3.05, 3.63) is 52.9 Å². The number of thioether (sulfide) groups is 1. The standard InChI is InChI=1S/C24H26N2O3S2/c1-4-29-22(27)9-6-12-30-24-25-19-13-18(28-3)10-11-20(19)26(24)14-17-15-31-21-8-5-7-16(2)23(17)21/h5,7-8,10-11,13,15H,4,6,9,12,14H2,1-3H3. The maximum atomic E-state index is 11.6. The van der Waals surface area contributed by atoms with E-state index in [2.05, 4.69) is 41.1 Å². The number of thiophene rings is 1. The van der Waals surface area contributed by atoms with Gasteiger partial charge in [-0.2, -0.15) is 0 Å². The highest BCUT2D eigenvalue weighted by Gasteiger charge is 2.15. The topological polar surface area (TPSA) is 53.4 Å². The van der Waals surface area contributed by atoms with Gasteiger partial charge in [0.15, 0.2) is 5.16 Å². The average Bonchev–Trinajstić information content (AvgIpc) is 3.33. The molecule has 0 bridgehead atoms. The van der Waals surface area contributed by atoms with Crippen molar-refractivity contribution < 1.29 is 14.3 Å². The highest BCUT2D eigenvalue weighted by Crippen LogP contribution is 2.33. The summed E-state index contributed by atoms with van der Waals surface area (Å²) in [5.41, 5.74) is 4.61. The molecule has 0 unspecified atom stereocenters. The molecule has 5 nitrogen and oxygen atoms in total. The molecule has 2 aromatic carbocycles. The Labute approximate surface area is 190 Å². The quantitative estimate of drug-likeness (QED) is 0.175. The minimum atomic E-state index is -0.137. The number of aryl methyl sites for hydroxylation is 1. The summed E-state index contributed by atoms with van der Waals surface area (Å²) >= 11 is 3.47. The predicted molar refractivity (Wildman–Crippen MR) is 129 cm³/mol. The Morgan fingerprint density at radius 2 is 2.13 bits per heavy atom. The van der Waals surface area contributed by atoms with Crippen molar-refractivity contribution in [2.75, 3.05) is 19.5 Å². The summed E-state index contributed by atoms with van der Waals surface area (Å²) in [6.07, 6.45) is 1.19. The lowest BCUT2D eigenvalue weighted by atomic mass is 10.1. The van der Waals surface area contributed by atoms with E-state index in [0.29, 0.717) is 13.0 Å². The van der Waals surface area contributed by atoms with Crippen LogP contribution in [0.1, 0.15) is 30.9 Å². The molecule has 0 fully saturated rings. The normalized spacial score (nSPS) is 11.3. The van der Waals surface area contributed by atoms with Gasteiger partial charge >= 0.3 is 5.97 Å². The number of nitrogens with zero attached hydrogens (tertiary/aromatic N) is 2. The van der Waals surface area contributed by atoms with Gasteiger partial charge in [0.2, 0.25) is 0 Å². The number of aromatic nitrogens is 2. The van der Waals surface area contributed by atoms with Gasteiger partial charge in [-0.25, -0.2) is 4.98 Å². The number of hydrogen-bond donors (Lipinski definition) is 0. The highest BCUT2D eigenvalue weighted by atomic mass is 32.2. The van der Waals surface area contributed by atoms with Gasteiger partial charge in [-0.05, 0) is 55.0 Å². The van der Waals surface area contributed by atoms with Crippen molar-refractivity contribution in [1.82, 2.24) is 9.55 Å². The molecule has 4 aromatic rings. The second-order valence-corrected chi connectivity index (χ2v) is 9.27. The van der Waals surface area contributed by atoms with Crippen LogP contribution in [-0.2, 0) is 16.1 Å². The van der Waals surface area contributed by atoms with Gasteiger partial charge in [0.05, 0.1) is 31.3 Å². The van der Waals surface area contributed by atoms with Crippen LogP contribution in [0.4, 0.5) is 0 Å². The Balaban J connectivity index is 1.63. The number of methoxy groups -OCH3 is 1. The molecule has 31 heavy (non-hydrogen) atoms. The molecule has 0 amide bonds. The van der Waals surface area contributed by atoms with Crippen LogP contribution in [0.25, 0.3) is 21.1 Å². The fourth-order valence-electron chi connectivity index (χ4n) is 3.72. The van der Waals surface area contributed by atoms with E-state index in [1.165, 1.54) is 21.2 Å². The van der Waals surface area contributed by atoms with Crippen molar-refractivity contribution in [1.29, 1.82) is 0 Å². The first-order valence-corrected chi connectivity index (χ1v) is 12.3. The number of benzene rings is 2. The molecule has 162 valence electrons. The third-order valence-electron chi connectivity index (χ3n) is 5.19. The first-order valence-electron chi connectivity index (χ1n) is 10.4. The lowest BCUT2D eigenvalue weighted by molar-refractivity contribution is -0.143. The van der Waals surface area contributed by atoms with Crippen LogP contribution >= 0.6 is 23.1 Å². The molecule has 0 aliphatic rings. The molecule has 0 saturated heterocycles. The Morgan fingerprint density at radius 3 is 2.94 bits per heavy atom. The van der Waals surface area contributed by atoms with E-state index in [-0.39, 0.29) is 5.97 Å². The minimum absolute atomic E-state index is 0.137. The molecule has 7 heteroatoms. The summed E-state index contributed by atoms with van der Waals surface area (Å²) in [5, 5.41) is 4.54. The number of carbonyl (C=O) groups excluding carboxylic acids is 1. The van der Waals surface area contributed by atoms with Crippen molar-refractivity contribution in [3.8, 4) is 5.75 Å². The zero-order valence-electron chi connectivity index (χ0n) is 18.0. The SMILES string of the molecule is CCOC(=O)CCCSc1nc2cc(OC)ccc2n1Cc1csc2cccc(C)c12. The van der Waals surface area contributed by atoms with Crippen LogP contribution in [0, 0.1) is 6.92 Å². The number of esters is 1. The van der Waals surface area contributed by atoms with Gasteiger partial charge in [-0.15, -0.1) is 11.3 Å². The summed E-state index contributed by atoms with van der Waals surface area (Å²) in [6, 6.07) is 12.5. The molecule has 0 atom stereocenters. The molecular formula is C24H26N2O3S2. The van der Waals surface area contributed by atoms with Crippen molar-refractivity contribution >= 4 is 50.2 Å². The Kier molecular flexibility index (Phi) is 6.83. The highest BCUT2D eigenvalue weighted by molar-refractivity contribution is 7.99. The van der Waals surface area contributed by atoms with Crippen LogP contribution in [-0.4, -0.2) is 35.0 Å². The van der Waals surface area contributed by atoms with Crippen LogP contribution in [0.5, 0.6) is 5.75 Å². The number of imidazole rings is 1. The summed E-state index contributed by atoms with van der Waals surface area (Å²) < 4.78 is 14.0. The fraction of sp³-hybridized carbons (Fsp3) is 0.333. The average molecular weight is 455 g/mol.